The highest BCUT2D eigenvalue weighted by Crippen LogP contribution is 2.45. The molecule has 0 saturated carbocycles. The fourth-order valence-electron chi connectivity index (χ4n) is 2.60. The van der Waals surface area contributed by atoms with E-state index in [4.69, 9.17) is 4.74 Å². The minimum Gasteiger partial charge on any atom is -0.485 e. The minimum atomic E-state index is 0.161. The van der Waals surface area contributed by atoms with Gasteiger partial charge in [0, 0.05) is 11.5 Å². The van der Waals surface area contributed by atoms with Crippen molar-refractivity contribution in [1.29, 1.82) is 0 Å². The van der Waals surface area contributed by atoms with Crippen LogP contribution in [0.2, 0.25) is 0 Å². The van der Waals surface area contributed by atoms with Gasteiger partial charge in [-0.1, -0.05) is 49.4 Å². The van der Waals surface area contributed by atoms with E-state index in [9.17, 15) is 0 Å². The Morgan fingerprint density at radius 3 is 2.24 bits per heavy atom. The van der Waals surface area contributed by atoms with Gasteiger partial charge in [0.05, 0.1) is 0 Å². The van der Waals surface area contributed by atoms with E-state index in [2.05, 4.69) is 56.3 Å². The Bertz CT molecular complexity index is 545. The second-order valence-corrected chi connectivity index (χ2v) is 4.72. The van der Waals surface area contributed by atoms with Crippen LogP contribution in [0.5, 0.6) is 5.75 Å². The first kappa shape index (κ1) is 10.4. The minimum absolute atomic E-state index is 0.161. The number of rotatable bonds is 1. The maximum Gasteiger partial charge on any atom is 0.131 e. The predicted octanol–water partition coefficient (Wildman–Crippen LogP) is 4.23. The van der Waals surface area contributed by atoms with Crippen LogP contribution in [0.3, 0.4) is 0 Å². The zero-order valence-corrected chi connectivity index (χ0v) is 10.2. The Morgan fingerprint density at radius 1 is 0.882 bits per heavy atom. The Morgan fingerprint density at radius 2 is 1.53 bits per heavy atom. The first-order chi connectivity index (χ1) is 8.27. The van der Waals surface area contributed by atoms with Crippen LogP contribution in [-0.4, -0.2) is 0 Å². The number of hydrogen-bond donors (Lipinski definition) is 0. The van der Waals surface area contributed by atoms with E-state index >= 15 is 0 Å². The molecule has 2 atom stereocenters. The van der Waals surface area contributed by atoms with Crippen LogP contribution in [0, 0.1) is 6.92 Å². The topological polar surface area (TPSA) is 9.23 Å². The molecule has 86 valence electrons. The van der Waals surface area contributed by atoms with Gasteiger partial charge in [0.1, 0.15) is 11.9 Å². The molecule has 1 nitrogen and oxygen atoms in total. The molecule has 0 N–H and O–H groups in total. The van der Waals surface area contributed by atoms with Gasteiger partial charge in [0.25, 0.3) is 0 Å². The van der Waals surface area contributed by atoms with E-state index < -0.39 is 0 Å². The quantitative estimate of drug-likeness (QED) is 0.704. The monoisotopic (exact) mass is 224 g/mol. The molecular formula is C16H16O. The summed E-state index contributed by atoms with van der Waals surface area (Å²) >= 11 is 0. The molecule has 0 aliphatic carbocycles. The number of para-hydroxylation sites is 1. The number of fused-ring (bicyclic) bond motifs is 1. The lowest BCUT2D eigenvalue weighted by atomic mass is 9.91. The van der Waals surface area contributed by atoms with Crippen LogP contribution >= 0.6 is 0 Å². The number of benzene rings is 2. The molecule has 0 amide bonds. The molecule has 3 rings (SSSR count). The lowest BCUT2D eigenvalue weighted by Gasteiger charge is -2.17. The summed E-state index contributed by atoms with van der Waals surface area (Å²) in [5, 5.41) is 0. The summed E-state index contributed by atoms with van der Waals surface area (Å²) in [7, 11) is 0. The average Bonchev–Trinajstić information content (AvgIpc) is 2.68. The molecule has 2 aromatic rings. The highest BCUT2D eigenvalue weighted by molar-refractivity contribution is 5.44. The van der Waals surface area contributed by atoms with E-state index in [1.165, 1.54) is 16.7 Å². The van der Waals surface area contributed by atoms with Crippen molar-refractivity contribution >= 4 is 0 Å². The van der Waals surface area contributed by atoms with Crippen LogP contribution < -0.4 is 4.74 Å². The maximum atomic E-state index is 6.09. The molecule has 0 radical (unpaired) electrons. The summed E-state index contributed by atoms with van der Waals surface area (Å²) in [4.78, 5) is 0. The van der Waals surface area contributed by atoms with Crippen LogP contribution in [0.25, 0.3) is 0 Å². The van der Waals surface area contributed by atoms with Gasteiger partial charge in [0.15, 0.2) is 0 Å². The molecule has 1 heterocycles. The highest BCUT2D eigenvalue weighted by atomic mass is 16.5. The third-order valence-electron chi connectivity index (χ3n) is 3.61. The van der Waals surface area contributed by atoms with Crippen molar-refractivity contribution in [3.63, 3.8) is 0 Å². The predicted molar refractivity (Wildman–Crippen MR) is 69.4 cm³/mol. The third-order valence-corrected chi connectivity index (χ3v) is 3.61. The van der Waals surface area contributed by atoms with Crippen molar-refractivity contribution in [2.45, 2.75) is 25.9 Å². The van der Waals surface area contributed by atoms with E-state index in [-0.39, 0.29) is 6.10 Å². The Hall–Kier alpha value is -1.76. The van der Waals surface area contributed by atoms with E-state index in [1.54, 1.807) is 0 Å². The molecule has 0 saturated heterocycles. The average molecular weight is 224 g/mol. The lowest BCUT2D eigenvalue weighted by molar-refractivity contribution is 0.215. The largest absolute Gasteiger partial charge is 0.485 e. The molecule has 0 fully saturated rings. The highest BCUT2D eigenvalue weighted by Gasteiger charge is 2.32. The van der Waals surface area contributed by atoms with Crippen LogP contribution in [-0.2, 0) is 0 Å². The molecule has 1 aliphatic rings. The fraction of sp³-hybridized carbons (Fsp3) is 0.250. The van der Waals surface area contributed by atoms with Crippen molar-refractivity contribution in [2.24, 2.45) is 0 Å². The summed E-state index contributed by atoms with van der Waals surface area (Å²) in [6, 6.07) is 16.8. The summed E-state index contributed by atoms with van der Waals surface area (Å²) in [6.07, 6.45) is 0.161. The van der Waals surface area contributed by atoms with Crippen molar-refractivity contribution in [2.75, 3.05) is 0 Å². The summed E-state index contributed by atoms with van der Waals surface area (Å²) in [5.74, 6) is 1.46. The molecule has 1 aliphatic heterocycles. The second-order valence-electron chi connectivity index (χ2n) is 4.72. The van der Waals surface area contributed by atoms with Crippen LogP contribution in [0.4, 0.5) is 0 Å². The van der Waals surface area contributed by atoms with Gasteiger partial charge < -0.3 is 4.74 Å². The summed E-state index contributed by atoms with van der Waals surface area (Å²) < 4.78 is 6.09. The normalized spacial score (nSPS) is 22.0. The van der Waals surface area contributed by atoms with Gasteiger partial charge in [-0.05, 0) is 24.1 Å². The first-order valence-electron chi connectivity index (χ1n) is 6.08. The Balaban J connectivity index is 2.02. The van der Waals surface area contributed by atoms with Crippen molar-refractivity contribution in [3.05, 3.63) is 65.2 Å². The summed E-state index contributed by atoms with van der Waals surface area (Å²) in [5.41, 5.74) is 3.93. The number of aryl methyl sites for hydroxylation is 1. The molecule has 0 bridgehead atoms. The standard InChI is InChI=1S/C16H16O/c1-11-7-3-4-8-13(11)16-12(2)14-9-5-6-10-15(14)17-16/h3-10,12,16H,1-2H3/t12-,16-/m1/s1. The Labute approximate surface area is 102 Å². The number of ether oxygens (including phenoxy) is 1. The smallest absolute Gasteiger partial charge is 0.131 e. The second kappa shape index (κ2) is 3.92. The molecular weight excluding hydrogens is 208 g/mol. The van der Waals surface area contributed by atoms with Gasteiger partial charge in [-0.25, -0.2) is 0 Å². The van der Waals surface area contributed by atoms with E-state index in [1.807, 2.05) is 6.07 Å². The summed E-state index contributed by atoms with van der Waals surface area (Å²) in [6.45, 7) is 4.39. The molecule has 1 heteroatoms. The van der Waals surface area contributed by atoms with Gasteiger partial charge in [-0.2, -0.15) is 0 Å². The van der Waals surface area contributed by atoms with Crippen LogP contribution in [0.15, 0.2) is 48.5 Å². The van der Waals surface area contributed by atoms with Crippen molar-refractivity contribution in [3.8, 4) is 5.75 Å². The van der Waals surface area contributed by atoms with Crippen molar-refractivity contribution in [1.82, 2.24) is 0 Å². The Kier molecular flexibility index (Phi) is 2.40. The molecule has 0 spiro atoms. The molecule has 0 unspecified atom stereocenters. The fourth-order valence-corrected chi connectivity index (χ4v) is 2.60. The van der Waals surface area contributed by atoms with E-state index in [0.29, 0.717) is 5.92 Å². The maximum absolute atomic E-state index is 6.09. The zero-order valence-electron chi connectivity index (χ0n) is 10.2. The first-order valence-corrected chi connectivity index (χ1v) is 6.08. The molecule has 2 aromatic carbocycles. The van der Waals surface area contributed by atoms with Gasteiger partial charge >= 0.3 is 0 Å². The zero-order chi connectivity index (χ0) is 11.8. The van der Waals surface area contributed by atoms with Gasteiger partial charge in [-0.15, -0.1) is 0 Å². The van der Waals surface area contributed by atoms with Gasteiger partial charge in [0.2, 0.25) is 0 Å². The molecule has 0 aromatic heterocycles. The third kappa shape index (κ3) is 1.62. The van der Waals surface area contributed by atoms with Gasteiger partial charge in [-0.3, -0.25) is 0 Å². The number of hydrogen-bond acceptors (Lipinski definition) is 1. The van der Waals surface area contributed by atoms with Crippen LogP contribution in [0.1, 0.15) is 35.6 Å². The van der Waals surface area contributed by atoms with E-state index in [0.717, 1.165) is 5.75 Å². The lowest BCUT2D eigenvalue weighted by Crippen LogP contribution is -2.08. The SMILES string of the molecule is Cc1ccccc1[C@@H]1Oc2ccccc2[C@H]1C. The van der Waals surface area contributed by atoms with Crippen molar-refractivity contribution < 1.29 is 4.74 Å². The molecule has 17 heavy (non-hydrogen) atoms.